The molecule has 1 aromatic carbocycles. The van der Waals surface area contributed by atoms with Gasteiger partial charge in [-0.2, -0.15) is 5.10 Å². The standard InChI is InChI=1S/C22H24N4O3S/c1-4-11-26(17-10-12-30(28,29)14-17)22(27)18-13-19(16-8-6-5-7-9-16)23-21-20(18)15(2)24-25(21)3/h4-9,13,17H,1,10-12,14H2,2-3H3. The SMILES string of the molecule is C=CCN(C(=O)c1cc(-c2ccccc2)nc2c1c(C)nn2C)C1CCS(=O)(=O)C1. The molecular formula is C22H24N4O3S. The Morgan fingerprint density at radius 2 is 2.07 bits per heavy atom. The molecule has 1 atom stereocenters. The topological polar surface area (TPSA) is 85.2 Å². The zero-order chi connectivity index (χ0) is 21.5. The van der Waals surface area contributed by atoms with Gasteiger partial charge in [-0.3, -0.25) is 9.48 Å². The second-order valence-electron chi connectivity index (χ2n) is 7.63. The van der Waals surface area contributed by atoms with Crippen molar-refractivity contribution in [3.63, 3.8) is 0 Å². The molecule has 2 aromatic heterocycles. The van der Waals surface area contributed by atoms with E-state index in [4.69, 9.17) is 4.98 Å². The number of aromatic nitrogens is 3. The molecule has 0 saturated carbocycles. The first-order chi connectivity index (χ1) is 14.3. The predicted octanol–water partition coefficient (Wildman–Crippen LogP) is 2.76. The first-order valence-electron chi connectivity index (χ1n) is 9.83. The molecule has 0 bridgehead atoms. The average molecular weight is 425 g/mol. The van der Waals surface area contributed by atoms with Crippen LogP contribution in [0.1, 0.15) is 22.5 Å². The van der Waals surface area contributed by atoms with Crippen LogP contribution in [0.4, 0.5) is 0 Å². The Morgan fingerprint density at radius 1 is 1.33 bits per heavy atom. The third-order valence-electron chi connectivity index (χ3n) is 5.50. The van der Waals surface area contributed by atoms with Crippen LogP contribution in [0, 0.1) is 6.92 Å². The zero-order valence-electron chi connectivity index (χ0n) is 17.1. The van der Waals surface area contributed by atoms with Gasteiger partial charge in [0.25, 0.3) is 5.91 Å². The number of aryl methyl sites for hydroxylation is 2. The molecular weight excluding hydrogens is 400 g/mol. The molecule has 0 N–H and O–H groups in total. The van der Waals surface area contributed by atoms with Crippen LogP contribution in [0.25, 0.3) is 22.3 Å². The minimum Gasteiger partial charge on any atom is -0.331 e. The molecule has 0 aliphatic carbocycles. The van der Waals surface area contributed by atoms with Crippen molar-refractivity contribution in [2.24, 2.45) is 7.05 Å². The molecule has 8 heteroatoms. The van der Waals surface area contributed by atoms with E-state index >= 15 is 0 Å². The molecule has 1 amide bonds. The van der Waals surface area contributed by atoms with Crippen molar-refractivity contribution in [1.29, 1.82) is 0 Å². The first-order valence-corrected chi connectivity index (χ1v) is 11.6. The number of rotatable bonds is 5. The maximum atomic E-state index is 13.7. The number of nitrogens with zero attached hydrogens (tertiary/aromatic N) is 4. The van der Waals surface area contributed by atoms with Gasteiger partial charge in [0.2, 0.25) is 0 Å². The normalized spacial score (nSPS) is 17.9. The van der Waals surface area contributed by atoms with Crippen molar-refractivity contribution in [1.82, 2.24) is 19.7 Å². The number of pyridine rings is 1. The summed E-state index contributed by atoms with van der Waals surface area (Å²) >= 11 is 0. The van der Waals surface area contributed by atoms with Crippen LogP contribution in [0.2, 0.25) is 0 Å². The van der Waals surface area contributed by atoms with Gasteiger partial charge >= 0.3 is 0 Å². The summed E-state index contributed by atoms with van der Waals surface area (Å²) < 4.78 is 25.7. The lowest BCUT2D eigenvalue weighted by molar-refractivity contribution is 0.0722. The van der Waals surface area contributed by atoms with Crippen molar-refractivity contribution in [2.45, 2.75) is 19.4 Å². The third-order valence-corrected chi connectivity index (χ3v) is 7.25. The molecule has 1 unspecified atom stereocenters. The number of hydrogen-bond donors (Lipinski definition) is 0. The van der Waals surface area contributed by atoms with Crippen molar-refractivity contribution < 1.29 is 13.2 Å². The lowest BCUT2D eigenvalue weighted by Crippen LogP contribution is -2.41. The quantitative estimate of drug-likeness (QED) is 0.588. The summed E-state index contributed by atoms with van der Waals surface area (Å²) in [5.74, 6) is -0.137. The summed E-state index contributed by atoms with van der Waals surface area (Å²) in [5, 5.41) is 5.15. The highest BCUT2D eigenvalue weighted by Gasteiger charge is 2.35. The highest BCUT2D eigenvalue weighted by atomic mass is 32.2. The van der Waals surface area contributed by atoms with Crippen LogP contribution in [-0.2, 0) is 16.9 Å². The second kappa shape index (κ2) is 7.68. The summed E-state index contributed by atoms with van der Waals surface area (Å²) in [5.41, 5.74) is 3.38. The zero-order valence-corrected chi connectivity index (χ0v) is 17.9. The molecule has 7 nitrogen and oxygen atoms in total. The van der Waals surface area contributed by atoms with E-state index in [0.717, 1.165) is 5.56 Å². The first kappa shape index (κ1) is 20.3. The largest absolute Gasteiger partial charge is 0.331 e. The maximum Gasteiger partial charge on any atom is 0.255 e. The van der Waals surface area contributed by atoms with Crippen LogP contribution in [0.5, 0.6) is 0 Å². The van der Waals surface area contributed by atoms with Crippen LogP contribution >= 0.6 is 0 Å². The minimum atomic E-state index is -3.13. The van der Waals surface area contributed by atoms with E-state index in [2.05, 4.69) is 11.7 Å². The van der Waals surface area contributed by atoms with E-state index in [9.17, 15) is 13.2 Å². The summed E-state index contributed by atoms with van der Waals surface area (Å²) in [4.78, 5) is 20.1. The van der Waals surface area contributed by atoms with E-state index in [0.29, 0.717) is 34.4 Å². The number of hydrogen-bond acceptors (Lipinski definition) is 5. The predicted molar refractivity (Wildman–Crippen MR) is 117 cm³/mol. The molecule has 156 valence electrons. The fourth-order valence-electron chi connectivity index (χ4n) is 4.08. The summed E-state index contributed by atoms with van der Waals surface area (Å²) in [6, 6.07) is 11.1. The van der Waals surface area contributed by atoms with E-state index in [1.165, 1.54) is 0 Å². The minimum absolute atomic E-state index is 0.0155. The fraction of sp³-hybridized carbons (Fsp3) is 0.318. The smallest absolute Gasteiger partial charge is 0.255 e. The number of fused-ring (bicyclic) bond motifs is 1. The van der Waals surface area contributed by atoms with Gasteiger partial charge in [-0.1, -0.05) is 36.4 Å². The van der Waals surface area contributed by atoms with E-state index < -0.39 is 9.84 Å². The lowest BCUT2D eigenvalue weighted by Gasteiger charge is -2.27. The number of carbonyl (C=O) groups is 1. The number of carbonyl (C=O) groups excluding carboxylic acids is 1. The third kappa shape index (κ3) is 3.63. The number of amides is 1. The Bertz CT molecular complexity index is 1230. The Morgan fingerprint density at radius 3 is 2.70 bits per heavy atom. The van der Waals surface area contributed by atoms with Gasteiger partial charge in [0.15, 0.2) is 15.5 Å². The lowest BCUT2D eigenvalue weighted by atomic mass is 10.0. The summed E-state index contributed by atoms with van der Waals surface area (Å²) in [6.45, 7) is 5.89. The Balaban J connectivity index is 1.87. The summed E-state index contributed by atoms with van der Waals surface area (Å²) in [6.07, 6.45) is 2.07. The van der Waals surface area contributed by atoms with E-state index in [1.54, 1.807) is 28.8 Å². The van der Waals surface area contributed by atoms with Gasteiger partial charge in [-0.25, -0.2) is 13.4 Å². The highest BCUT2D eigenvalue weighted by Crippen LogP contribution is 2.29. The second-order valence-corrected chi connectivity index (χ2v) is 9.86. The van der Waals surface area contributed by atoms with Gasteiger partial charge < -0.3 is 4.90 Å². The molecule has 4 rings (SSSR count). The molecule has 0 spiro atoms. The van der Waals surface area contributed by atoms with Crippen LogP contribution < -0.4 is 0 Å². The molecule has 30 heavy (non-hydrogen) atoms. The van der Waals surface area contributed by atoms with Crippen molar-refractivity contribution in [2.75, 3.05) is 18.1 Å². The molecule has 1 fully saturated rings. The Labute approximate surface area is 175 Å². The van der Waals surface area contributed by atoms with Gasteiger partial charge in [0, 0.05) is 25.2 Å². The highest BCUT2D eigenvalue weighted by molar-refractivity contribution is 7.91. The van der Waals surface area contributed by atoms with Crippen molar-refractivity contribution in [3.8, 4) is 11.3 Å². The molecule has 3 heterocycles. The maximum absolute atomic E-state index is 13.7. The molecule has 3 aromatic rings. The van der Waals surface area contributed by atoms with Gasteiger partial charge in [-0.15, -0.1) is 6.58 Å². The summed E-state index contributed by atoms with van der Waals surface area (Å²) in [7, 11) is -1.33. The van der Waals surface area contributed by atoms with Gasteiger partial charge in [0.05, 0.1) is 33.8 Å². The number of sulfone groups is 1. The van der Waals surface area contributed by atoms with E-state index in [1.807, 2.05) is 37.3 Å². The van der Waals surface area contributed by atoms with Crippen LogP contribution in [0.15, 0.2) is 49.1 Å². The number of benzene rings is 1. The van der Waals surface area contributed by atoms with Gasteiger partial charge in [0.1, 0.15) is 0 Å². The van der Waals surface area contributed by atoms with Gasteiger partial charge in [-0.05, 0) is 19.4 Å². The monoisotopic (exact) mass is 424 g/mol. The van der Waals surface area contributed by atoms with Crippen LogP contribution in [-0.4, -0.2) is 58.1 Å². The van der Waals surface area contributed by atoms with Crippen molar-refractivity contribution >= 4 is 26.8 Å². The van der Waals surface area contributed by atoms with Crippen LogP contribution in [0.3, 0.4) is 0 Å². The Hall–Kier alpha value is -3.00. The fourth-order valence-corrected chi connectivity index (χ4v) is 5.81. The molecule has 0 radical (unpaired) electrons. The van der Waals surface area contributed by atoms with Crippen molar-refractivity contribution in [3.05, 3.63) is 60.3 Å². The van der Waals surface area contributed by atoms with E-state index in [-0.39, 0.29) is 30.0 Å². The average Bonchev–Trinajstić information content (AvgIpc) is 3.24. The molecule has 1 aliphatic rings. The molecule has 1 aliphatic heterocycles. The Kier molecular flexibility index (Phi) is 5.19. The molecule has 1 saturated heterocycles.